The Morgan fingerprint density at radius 1 is 1.17 bits per heavy atom. The lowest BCUT2D eigenvalue weighted by Gasteiger charge is -2.35. The molecule has 1 saturated heterocycles. The van der Waals surface area contributed by atoms with Gasteiger partial charge in [-0.3, -0.25) is 10.0 Å². The van der Waals surface area contributed by atoms with Crippen molar-refractivity contribution in [2.45, 2.75) is 38.1 Å². The van der Waals surface area contributed by atoms with E-state index in [-0.39, 0.29) is 22.5 Å². The first-order valence-electron chi connectivity index (χ1n) is 11.3. The second-order valence-corrected chi connectivity index (χ2v) is 11.7. The van der Waals surface area contributed by atoms with Gasteiger partial charge in [-0.25, -0.2) is 14.2 Å². The quantitative estimate of drug-likeness (QED) is 0.456. The molecule has 0 aliphatic carbocycles. The van der Waals surface area contributed by atoms with Crippen LogP contribution in [0.4, 0.5) is 24.7 Å². The molecule has 0 saturated carbocycles. The molecule has 194 valence electrons. The van der Waals surface area contributed by atoms with Crippen LogP contribution in [0.1, 0.15) is 24.3 Å². The summed E-state index contributed by atoms with van der Waals surface area (Å²) in [7, 11) is -1.57. The van der Waals surface area contributed by atoms with Gasteiger partial charge in [0.1, 0.15) is 28.0 Å². The SMILES string of the molecule is CC(C)S(=O)N(O)c1ccc(CC(=O)N2CCN(c3ncnc4sc(CC(F)(F)F)cc34)CC2)cc1. The molecule has 1 aliphatic rings. The average molecular weight is 542 g/mol. The fourth-order valence-electron chi connectivity index (χ4n) is 3.93. The molecule has 2 aromatic heterocycles. The number of amides is 1. The Balaban J connectivity index is 1.36. The molecule has 8 nitrogen and oxygen atoms in total. The monoisotopic (exact) mass is 541 g/mol. The Hall–Kier alpha value is -2.77. The van der Waals surface area contributed by atoms with Crippen LogP contribution < -0.4 is 9.37 Å². The summed E-state index contributed by atoms with van der Waals surface area (Å²) in [5.74, 6) is 0.532. The molecule has 36 heavy (non-hydrogen) atoms. The van der Waals surface area contributed by atoms with Crippen molar-refractivity contribution in [1.82, 2.24) is 14.9 Å². The molecule has 13 heteroatoms. The summed E-state index contributed by atoms with van der Waals surface area (Å²) >= 11 is 1.02. The zero-order valence-electron chi connectivity index (χ0n) is 19.7. The summed E-state index contributed by atoms with van der Waals surface area (Å²) in [5.41, 5.74) is 1.15. The first-order valence-corrected chi connectivity index (χ1v) is 13.3. The highest BCUT2D eigenvalue weighted by atomic mass is 32.2. The summed E-state index contributed by atoms with van der Waals surface area (Å²) in [4.78, 5) is 25.7. The summed E-state index contributed by atoms with van der Waals surface area (Å²) < 4.78 is 51.2. The predicted molar refractivity (Wildman–Crippen MR) is 134 cm³/mol. The Morgan fingerprint density at radius 3 is 2.44 bits per heavy atom. The third kappa shape index (κ3) is 6.13. The van der Waals surface area contributed by atoms with E-state index in [9.17, 15) is 27.4 Å². The van der Waals surface area contributed by atoms with E-state index in [4.69, 9.17) is 0 Å². The van der Waals surface area contributed by atoms with Crippen LogP contribution in [0, 0.1) is 0 Å². The lowest BCUT2D eigenvalue weighted by molar-refractivity contribution is -0.130. The van der Waals surface area contributed by atoms with Gasteiger partial charge in [-0.05, 0) is 37.6 Å². The van der Waals surface area contributed by atoms with Crippen LogP contribution in [0.15, 0.2) is 36.7 Å². The van der Waals surface area contributed by atoms with Crippen molar-refractivity contribution in [1.29, 1.82) is 0 Å². The second-order valence-electron chi connectivity index (χ2n) is 8.73. The molecule has 0 radical (unpaired) electrons. The number of hydrogen-bond donors (Lipinski definition) is 1. The number of fused-ring (bicyclic) bond motifs is 1. The minimum Gasteiger partial charge on any atom is -0.352 e. The van der Waals surface area contributed by atoms with Crippen LogP contribution in [0.2, 0.25) is 0 Å². The molecule has 1 fully saturated rings. The topological polar surface area (TPSA) is 89.9 Å². The molecule has 1 aromatic carbocycles. The zero-order valence-corrected chi connectivity index (χ0v) is 21.4. The fraction of sp³-hybridized carbons (Fsp3) is 0.435. The van der Waals surface area contributed by atoms with E-state index in [1.807, 2.05) is 4.90 Å². The summed E-state index contributed by atoms with van der Waals surface area (Å²) in [6, 6.07) is 8.19. The van der Waals surface area contributed by atoms with Gasteiger partial charge < -0.3 is 9.80 Å². The number of alkyl halides is 3. The van der Waals surface area contributed by atoms with E-state index in [1.165, 1.54) is 12.4 Å². The van der Waals surface area contributed by atoms with Crippen LogP contribution in [0.25, 0.3) is 10.2 Å². The van der Waals surface area contributed by atoms with E-state index in [0.717, 1.165) is 21.4 Å². The number of carbonyl (C=O) groups excluding carboxylic acids is 1. The van der Waals surface area contributed by atoms with Crippen LogP contribution in [0.3, 0.4) is 0 Å². The van der Waals surface area contributed by atoms with Crippen molar-refractivity contribution in [3.63, 3.8) is 0 Å². The smallest absolute Gasteiger partial charge is 0.352 e. The van der Waals surface area contributed by atoms with E-state index in [0.29, 0.717) is 47.9 Å². The predicted octanol–water partition coefficient (Wildman–Crippen LogP) is 3.96. The molecular formula is C23H26F3N5O3S2. The third-order valence-corrected chi connectivity index (χ3v) is 8.15. The Labute approximate surface area is 212 Å². The summed E-state index contributed by atoms with van der Waals surface area (Å²) in [6.45, 7) is 5.40. The molecule has 3 heterocycles. The normalized spacial score (nSPS) is 15.5. The lowest BCUT2D eigenvalue weighted by Crippen LogP contribution is -2.49. The number of nitrogens with zero attached hydrogens (tertiary/aromatic N) is 5. The van der Waals surface area contributed by atoms with Gasteiger partial charge in [-0.1, -0.05) is 12.1 Å². The van der Waals surface area contributed by atoms with Crippen molar-refractivity contribution in [3.05, 3.63) is 47.1 Å². The van der Waals surface area contributed by atoms with Crippen molar-refractivity contribution in [2.75, 3.05) is 35.5 Å². The minimum atomic E-state index is -4.29. The Bertz CT molecular complexity index is 1240. The molecule has 0 spiro atoms. The van der Waals surface area contributed by atoms with Gasteiger partial charge in [0.15, 0.2) is 0 Å². The number of hydrogen-bond acceptors (Lipinski definition) is 7. The highest BCUT2D eigenvalue weighted by Gasteiger charge is 2.30. The molecular weight excluding hydrogens is 515 g/mol. The third-order valence-electron chi connectivity index (χ3n) is 5.75. The largest absolute Gasteiger partial charge is 0.393 e. The Kier molecular flexibility index (Phi) is 7.81. The number of thiophene rings is 1. The molecule has 1 aliphatic heterocycles. The van der Waals surface area contributed by atoms with Gasteiger partial charge >= 0.3 is 6.18 Å². The van der Waals surface area contributed by atoms with Crippen LogP contribution in [-0.4, -0.2) is 67.8 Å². The van der Waals surface area contributed by atoms with E-state index in [1.54, 1.807) is 43.0 Å². The van der Waals surface area contributed by atoms with E-state index < -0.39 is 23.6 Å². The summed E-state index contributed by atoms with van der Waals surface area (Å²) in [6.07, 6.45) is -3.74. The first-order chi connectivity index (χ1) is 17.0. The van der Waals surface area contributed by atoms with Gasteiger partial charge in [0.2, 0.25) is 5.91 Å². The fourth-order valence-corrected chi connectivity index (χ4v) is 5.68. The maximum atomic E-state index is 12.8. The number of rotatable bonds is 7. The van der Waals surface area contributed by atoms with E-state index in [2.05, 4.69) is 9.97 Å². The molecule has 0 bridgehead atoms. The van der Waals surface area contributed by atoms with Gasteiger partial charge in [0.05, 0.1) is 29.2 Å². The molecule has 1 amide bonds. The molecule has 1 unspecified atom stereocenters. The molecule has 1 atom stereocenters. The number of halogens is 3. The maximum absolute atomic E-state index is 12.8. The van der Waals surface area contributed by atoms with Crippen molar-refractivity contribution in [2.24, 2.45) is 0 Å². The van der Waals surface area contributed by atoms with Crippen molar-refractivity contribution in [3.8, 4) is 0 Å². The lowest BCUT2D eigenvalue weighted by atomic mass is 10.1. The number of benzene rings is 1. The van der Waals surface area contributed by atoms with Gasteiger partial charge in [0.25, 0.3) is 0 Å². The average Bonchev–Trinajstić information content (AvgIpc) is 3.24. The highest BCUT2D eigenvalue weighted by molar-refractivity contribution is 7.86. The highest BCUT2D eigenvalue weighted by Crippen LogP contribution is 2.34. The Morgan fingerprint density at radius 2 is 1.83 bits per heavy atom. The molecule has 1 N–H and O–H groups in total. The molecule has 3 aromatic rings. The number of piperazine rings is 1. The van der Waals surface area contributed by atoms with Crippen molar-refractivity contribution >= 4 is 50.0 Å². The number of aromatic nitrogens is 2. The van der Waals surface area contributed by atoms with E-state index >= 15 is 0 Å². The van der Waals surface area contributed by atoms with Crippen LogP contribution >= 0.6 is 11.3 Å². The number of carbonyl (C=O) groups is 1. The zero-order chi connectivity index (χ0) is 26.0. The molecule has 4 rings (SSSR count). The van der Waals surface area contributed by atoms with Gasteiger partial charge in [0, 0.05) is 31.1 Å². The summed E-state index contributed by atoms with van der Waals surface area (Å²) in [5, 5.41) is 10.4. The van der Waals surface area contributed by atoms with Gasteiger partial charge in [-0.15, -0.1) is 11.3 Å². The van der Waals surface area contributed by atoms with Gasteiger partial charge in [-0.2, -0.15) is 17.6 Å². The second kappa shape index (κ2) is 10.7. The van der Waals surface area contributed by atoms with Crippen LogP contribution in [-0.2, 0) is 28.6 Å². The van der Waals surface area contributed by atoms with Crippen molar-refractivity contribution < 1.29 is 27.4 Å². The number of anilines is 2. The minimum absolute atomic E-state index is 0.0511. The standard InChI is InChI=1S/C23H26F3N5O3S2/c1-15(2)36(34)31(33)17-5-3-16(4-6-17)11-20(32)29-7-9-30(10-8-29)21-19-12-18(13-23(24,25)26)35-22(19)28-14-27-21/h3-6,12,14-15,33H,7-11,13H2,1-2H3. The van der Waals surface area contributed by atoms with Crippen LogP contribution in [0.5, 0.6) is 0 Å². The first kappa shape index (κ1) is 26.3. The maximum Gasteiger partial charge on any atom is 0.393 e.